The molecule has 0 aliphatic carbocycles. The molecule has 3 heterocycles. The van der Waals surface area contributed by atoms with Crippen LogP contribution < -0.4 is 14.4 Å². The van der Waals surface area contributed by atoms with Gasteiger partial charge in [0.05, 0.1) is 13.3 Å². The summed E-state index contributed by atoms with van der Waals surface area (Å²) in [5, 5.41) is 0. The van der Waals surface area contributed by atoms with Gasteiger partial charge >= 0.3 is 0 Å². The van der Waals surface area contributed by atoms with Gasteiger partial charge in [0.25, 0.3) is 0 Å². The van der Waals surface area contributed by atoms with Crippen LogP contribution >= 0.6 is 0 Å². The molecule has 31 heavy (non-hydrogen) atoms. The van der Waals surface area contributed by atoms with Crippen LogP contribution in [0.15, 0.2) is 59.9 Å². The highest BCUT2D eigenvalue weighted by Gasteiger charge is 2.21. The number of anilines is 1. The third-order valence-corrected chi connectivity index (χ3v) is 6.63. The molecule has 4 rings (SSSR count). The molecular weight excluding hydrogens is 416 g/mol. The highest BCUT2D eigenvalue weighted by atomic mass is 32.2. The number of ether oxygens (including phenoxy) is 1. The van der Waals surface area contributed by atoms with Gasteiger partial charge in [-0.25, -0.2) is 18.1 Å². The summed E-state index contributed by atoms with van der Waals surface area (Å²) < 4.78 is 32.6. The van der Waals surface area contributed by atoms with E-state index in [1.165, 1.54) is 25.4 Å². The number of carbonyl (C=O) groups is 1. The summed E-state index contributed by atoms with van der Waals surface area (Å²) in [4.78, 5) is 21.8. The normalized spacial score (nSPS) is 13.7. The Morgan fingerprint density at radius 2 is 1.90 bits per heavy atom. The second kappa shape index (κ2) is 8.44. The van der Waals surface area contributed by atoms with Crippen molar-refractivity contribution in [1.29, 1.82) is 0 Å². The van der Waals surface area contributed by atoms with Crippen molar-refractivity contribution < 1.29 is 17.9 Å². The van der Waals surface area contributed by atoms with E-state index in [0.29, 0.717) is 18.7 Å². The van der Waals surface area contributed by atoms with Gasteiger partial charge < -0.3 is 9.64 Å². The van der Waals surface area contributed by atoms with E-state index in [1.54, 1.807) is 24.3 Å². The number of methoxy groups -OCH3 is 1. The summed E-state index contributed by atoms with van der Waals surface area (Å²) in [7, 11) is -0.466. The van der Waals surface area contributed by atoms with Gasteiger partial charge in [-0.2, -0.15) is 0 Å². The molecule has 1 aliphatic heterocycles. The van der Waals surface area contributed by atoms with E-state index >= 15 is 0 Å². The molecule has 1 aliphatic rings. The maximum atomic E-state index is 12.5. The first-order chi connectivity index (χ1) is 14.9. The summed E-state index contributed by atoms with van der Waals surface area (Å²) in [5.41, 5.74) is 4.61. The van der Waals surface area contributed by atoms with Crippen LogP contribution in [-0.4, -0.2) is 38.5 Å². The average molecular weight is 439 g/mol. The zero-order chi connectivity index (χ0) is 22.0. The first-order valence-corrected chi connectivity index (χ1v) is 11.2. The van der Waals surface area contributed by atoms with Crippen molar-refractivity contribution in [2.24, 2.45) is 0 Å². The number of carbonyl (C=O) groups excluding carboxylic acids is 1. The smallest absolute Gasteiger partial charge is 0.242 e. The number of nitrogens with one attached hydrogen (secondary N) is 1. The fourth-order valence-electron chi connectivity index (χ4n) is 3.49. The van der Waals surface area contributed by atoms with E-state index in [4.69, 9.17) is 4.74 Å². The summed E-state index contributed by atoms with van der Waals surface area (Å²) in [6.07, 6.45) is 5.82. The molecule has 0 radical (unpaired) electrons. The van der Waals surface area contributed by atoms with Gasteiger partial charge in [0, 0.05) is 49.7 Å². The van der Waals surface area contributed by atoms with Crippen LogP contribution in [0.2, 0.25) is 0 Å². The molecule has 1 amide bonds. The number of rotatable bonds is 6. The first-order valence-electron chi connectivity index (χ1n) is 9.71. The highest BCUT2D eigenvalue weighted by Crippen LogP contribution is 2.31. The molecule has 0 saturated heterocycles. The summed E-state index contributed by atoms with van der Waals surface area (Å²) in [6.45, 7) is 0.0946. The molecule has 0 fully saturated rings. The number of aryl methyl sites for hydroxylation is 1. The van der Waals surface area contributed by atoms with Crippen LogP contribution in [0, 0.1) is 0 Å². The lowest BCUT2D eigenvalue weighted by Gasteiger charge is -2.26. The monoisotopic (exact) mass is 438 g/mol. The Labute approximate surface area is 181 Å². The van der Waals surface area contributed by atoms with E-state index in [0.717, 1.165) is 27.9 Å². The number of nitrogens with zero attached hydrogens (tertiary/aromatic N) is 3. The summed E-state index contributed by atoms with van der Waals surface area (Å²) >= 11 is 0. The van der Waals surface area contributed by atoms with Crippen LogP contribution in [0.3, 0.4) is 0 Å². The van der Waals surface area contributed by atoms with Crippen LogP contribution in [-0.2, 0) is 27.8 Å². The molecule has 0 unspecified atom stereocenters. The van der Waals surface area contributed by atoms with Crippen LogP contribution in [0.5, 0.6) is 5.88 Å². The molecule has 0 atom stereocenters. The minimum Gasteiger partial charge on any atom is -0.481 e. The lowest BCUT2D eigenvalue weighted by molar-refractivity contribution is -0.118. The number of fused-ring (bicyclic) bond motifs is 1. The lowest BCUT2D eigenvalue weighted by atomic mass is 9.96. The fraction of sp³-hybridized carbons (Fsp3) is 0.227. The van der Waals surface area contributed by atoms with Gasteiger partial charge in [-0.1, -0.05) is 6.07 Å². The van der Waals surface area contributed by atoms with Gasteiger partial charge in [-0.3, -0.25) is 9.78 Å². The molecule has 0 bridgehead atoms. The number of sulfonamides is 1. The molecule has 0 saturated carbocycles. The molecule has 1 aromatic carbocycles. The molecule has 1 N–H and O–H groups in total. The largest absolute Gasteiger partial charge is 0.481 e. The number of benzene rings is 1. The minimum atomic E-state index is -3.72. The quantitative estimate of drug-likeness (QED) is 0.635. The van der Waals surface area contributed by atoms with E-state index < -0.39 is 10.0 Å². The van der Waals surface area contributed by atoms with Crippen molar-refractivity contribution in [2.75, 3.05) is 19.1 Å². The van der Waals surface area contributed by atoms with Crippen LogP contribution in [0.1, 0.15) is 17.5 Å². The Bertz CT molecular complexity index is 1230. The topological polar surface area (TPSA) is 101 Å². The second-order valence-electron chi connectivity index (χ2n) is 7.24. The van der Waals surface area contributed by atoms with Gasteiger partial charge in [0.15, 0.2) is 0 Å². The number of pyridine rings is 2. The van der Waals surface area contributed by atoms with Crippen molar-refractivity contribution in [3.63, 3.8) is 0 Å². The molecular formula is C22H22N4O4S. The van der Waals surface area contributed by atoms with E-state index in [9.17, 15) is 13.2 Å². The number of hydrogen-bond acceptors (Lipinski definition) is 6. The predicted octanol–water partition coefficient (Wildman–Crippen LogP) is 2.54. The SMILES string of the molecule is COc1ccc(S(=O)(=O)NCc2cncc(-c3ccc4c(c3)CCC(=O)N4C)c2)cn1. The Morgan fingerprint density at radius 1 is 1.06 bits per heavy atom. The highest BCUT2D eigenvalue weighted by molar-refractivity contribution is 7.89. The Kier molecular flexibility index (Phi) is 5.71. The Balaban J connectivity index is 1.52. The van der Waals surface area contributed by atoms with E-state index in [1.807, 2.05) is 18.2 Å². The molecule has 160 valence electrons. The fourth-order valence-corrected chi connectivity index (χ4v) is 4.45. The van der Waals surface area contributed by atoms with Crippen LogP contribution in [0.4, 0.5) is 5.69 Å². The van der Waals surface area contributed by atoms with Crippen molar-refractivity contribution in [2.45, 2.75) is 24.3 Å². The van der Waals surface area contributed by atoms with Crippen molar-refractivity contribution >= 4 is 21.6 Å². The zero-order valence-electron chi connectivity index (χ0n) is 17.2. The van der Waals surface area contributed by atoms with Crippen molar-refractivity contribution in [1.82, 2.24) is 14.7 Å². The van der Waals surface area contributed by atoms with Gasteiger partial charge in [0.1, 0.15) is 4.90 Å². The predicted molar refractivity (Wildman–Crippen MR) is 116 cm³/mol. The van der Waals surface area contributed by atoms with E-state index in [-0.39, 0.29) is 17.3 Å². The maximum absolute atomic E-state index is 12.5. The molecule has 9 heteroatoms. The number of amides is 1. The first kappa shape index (κ1) is 21.0. The molecule has 2 aromatic heterocycles. The number of hydrogen-bond donors (Lipinski definition) is 1. The number of aromatic nitrogens is 2. The molecule has 8 nitrogen and oxygen atoms in total. The minimum absolute atomic E-state index is 0.0609. The van der Waals surface area contributed by atoms with Gasteiger partial charge in [0.2, 0.25) is 21.8 Å². The van der Waals surface area contributed by atoms with Gasteiger partial charge in [-0.05, 0) is 47.4 Å². The standard InChI is InChI=1S/C22H22N4O4S/c1-26-20-6-3-16(10-17(20)4-8-22(26)27)18-9-15(11-23-13-18)12-25-31(28,29)19-5-7-21(30-2)24-14-19/h3,5-7,9-11,13-14,25H,4,8,12H2,1-2H3. The van der Waals surface area contributed by atoms with E-state index in [2.05, 4.69) is 20.8 Å². The average Bonchev–Trinajstić information content (AvgIpc) is 2.80. The summed E-state index contributed by atoms with van der Waals surface area (Å²) in [5.74, 6) is 0.458. The third-order valence-electron chi connectivity index (χ3n) is 5.25. The molecule has 3 aromatic rings. The lowest BCUT2D eigenvalue weighted by Crippen LogP contribution is -2.30. The Morgan fingerprint density at radius 3 is 2.65 bits per heavy atom. The van der Waals surface area contributed by atoms with Crippen LogP contribution in [0.25, 0.3) is 11.1 Å². The Hall–Kier alpha value is -3.30. The van der Waals surface area contributed by atoms with Crippen molar-refractivity contribution in [3.8, 4) is 17.0 Å². The maximum Gasteiger partial charge on any atom is 0.242 e. The summed E-state index contributed by atoms with van der Waals surface area (Å²) in [6, 6.07) is 10.8. The zero-order valence-corrected chi connectivity index (χ0v) is 18.0. The second-order valence-corrected chi connectivity index (χ2v) is 9.01. The van der Waals surface area contributed by atoms with Crippen molar-refractivity contribution in [3.05, 3.63) is 66.1 Å². The molecule has 0 spiro atoms. The van der Waals surface area contributed by atoms with Gasteiger partial charge in [-0.15, -0.1) is 0 Å². The third kappa shape index (κ3) is 4.42.